The van der Waals surface area contributed by atoms with E-state index in [1.807, 2.05) is 5.32 Å². The molecule has 0 aliphatic heterocycles. The summed E-state index contributed by atoms with van der Waals surface area (Å²) in [5.41, 5.74) is -0.404. The highest BCUT2D eigenvalue weighted by atomic mass is 35.5. The molecule has 22 heavy (non-hydrogen) atoms. The molecule has 5 nitrogen and oxygen atoms in total. The number of anilines is 2. The summed E-state index contributed by atoms with van der Waals surface area (Å²) in [6, 6.07) is 1.87. The average Bonchev–Trinajstić information content (AvgIpc) is 2.40. The van der Waals surface area contributed by atoms with Crippen molar-refractivity contribution in [1.29, 1.82) is 5.41 Å². The maximum absolute atomic E-state index is 13.7. The predicted molar refractivity (Wildman–Crippen MR) is 75.4 cm³/mol. The first-order valence-corrected chi connectivity index (χ1v) is 6.05. The highest BCUT2D eigenvalue weighted by Gasteiger charge is 2.35. The van der Waals surface area contributed by atoms with Gasteiger partial charge < -0.3 is 16.2 Å². The number of carbonyl (C=O) groups excluding carboxylic acids is 1. The second-order valence-electron chi connectivity index (χ2n) is 4.09. The van der Waals surface area contributed by atoms with Crippen molar-refractivity contribution in [2.45, 2.75) is 13.1 Å². The van der Waals surface area contributed by atoms with Crippen molar-refractivity contribution in [1.82, 2.24) is 0 Å². The number of nitrogen functional groups attached to an aromatic ring is 1. The van der Waals surface area contributed by atoms with E-state index in [0.29, 0.717) is 0 Å². The van der Waals surface area contributed by atoms with Crippen LogP contribution in [-0.4, -0.2) is 18.3 Å². The van der Waals surface area contributed by atoms with E-state index < -0.39 is 34.7 Å². The SMILES string of the molecule is C/C(C(=O)Nc1cc(NN)c(Cl)cc1F)=C(/C=N)C(F)(F)F. The Bertz CT molecular complexity index is 643. The third-order valence-electron chi connectivity index (χ3n) is 2.65. The van der Waals surface area contributed by atoms with E-state index in [1.165, 1.54) is 0 Å². The van der Waals surface area contributed by atoms with Crippen molar-refractivity contribution in [2.24, 2.45) is 5.84 Å². The molecule has 1 rings (SSSR count). The van der Waals surface area contributed by atoms with Gasteiger partial charge in [0.15, 0.2) is 0 Å². The second kappa shape index (κ2) is 6.75. The minimum atomic E-state index is -4.87. The first-order valence-electron chi connectivity index (χ1n) is 5.67. The lowest BCUT2D eigenvalue weighted by molar-refractivity contribution is -0.114. The number of nitrogens with one attached hydrogen (secondary N) is 3. The number of alkyl halides is 3. The minimum absolute atomic E-state index is 0.0139. The quantitative estimate of drug-likeness (QED) is 0.223. The van der Waals surface area contributed by atoms with Gasteiger partial charge in [0.1, 0.15) is 5.82 Å². The lowest BCUT2D eigenvalue weighted by Crippen LogP contribution is -2.22. The number of amides is 1. The van der Waals surface area contributed by atoms with Crippen molar-refractivity contribution >= 4 is 35.1 Å². The molecule has 0 fully saturated rings. The number of allylic oxidation sites excluding steroid dienone is 1. The summed E-state index contributed by atoms with van der Waals surface area (Å²) in [5, 5.41) is 8.65. The molecule has 10 heteroatoms. The standard InChI is InChI=1S/C12H11ClF4N4O/c1-5(6(4-18)12(15,16)17)11(22)20-10-3-9(21-19)7(13)2-8(10)14/h2-4,18,21H,19H2,1H3,(H,20,22)/b6-5+,18-4?. The zero-order valence-corrected chi connectivity index (χ0v) is 11.9. The Hall–Kier alpha value is -2.13. The van der Waals surface area contributed by atoms with Gasteiger partial charge in [0.25, 0.3) is 5.91 Å². The lowest BCUT2D eigenvalue weighted by atomic mass is 10.1. The van der Waals surface area contributed by atoms with E-state index in [0.717, 1.165) is 19.1 Å². The van der Waals surface area contributed by atoms with Crippen LogP contribution < -0.4 is 16.6 Å². The summed E-state index contributed by atoms with van der Waals surface area (Å²) in [6.07, 6.45) is -4.86. The molecular formula is C12H11ClF4N4O. The Morgan fingerprint density at radius 3 is 2.41 bits per heavy atom. The molecule has 0 spiro atoms. The van der Waals surface area contributed by atoms with Crippen molar-refractivity contribution < 1.29 is 22.4 Å². The van der Waals surface area contributed by atoms with Crippen LogP contribution in [0, 0.1) is 11.2 Å². The number of benzene rings is 1. The van der Waals surface area contributed by atoms with Gasteiger partial charge in [-0.2, -0.15) is 13.2 Å². The summed E-state index contributed by atoms with van der Waals surface area (Å²) in [7, 11) is 0. The number of carbonyl (C=O) groups is 1. The molecule has 1 aromatic rings. The van der Waals surface area contributed by atoms with E-state index in [1.54, 1.807) is 0 Å². The van der Waals surface area contributed by atoms with Crippen molar-refractivity contribution in [3.63, 3.8) is 0 Å². The minimum Gasteiger partial charge on any atom is -0.323 e. The molecule has 0 radical (unpaired) electrons. The van der Waals surface area contributed by atoms with Gasteiger partial charge in [0.05, 0.1) is 22.0 Å². The first kappa shape index (κ1) is 17.9. The number of hydrogen-bond acceptors (Lipinski definition) is 4. The smallest absolute Gasteiger partial charge is 0.323 e. The summed E-state index contributed by atoms with van der Waals surface area (Å²) in [4.78, 5) is 11.8. The van der Waals surface area contributed by atoms with E-state index in [4.69, 9.17) is 22.9 Å². The van der Waals surface area contributed by atoms with Crippen molar-refractivity contribution in [2.75, 3.05) is 10.7 Å². The van der Waals surface area contributed by atoms with Gasteiger partial charge in [-0.3, -0.25) is 10.6 Å². The van der Waals surface area contributed by atoms with Gasteiger partial charge in [-0.05, 0) is 19.1 Å². The molecule has 0 atom stereocenters. The fraction of sp³-hybridized carbons (Fsp3) is 0.167. The topological polar surface area (TPSA) is 91.0 Å². The van der Waals surface area contributed by atoms with E-state index >= 15 is 0 Å². The Balaban J connectivity index is 3.18. The van der Waals surface area contributed by atoms with Crippen LogP contribution in [-0.2, 0) is 4.79 Å². The number of nitrogens with two attached hydrogens (primary N) is 1. The van der Waals surface area contributed by atoms with Gasteiger partial charge in [0.2, 0.25) is 0 Å². The largest absolute Gasteiger partial charge is 0.418 e. The van der Waals surface area contributed by atoms with Crippen LogP contribution in [0.1, 0.15) is 6.92 Å². The predicted octanol–water partition coefficient (Wildman–Crippen LogP) is 3.23. The van der Waals surface area contributed by atoms with Gasteiger partial charge in [-0.1, -0.05) is 11.6 Å². The van der Waals surface area contributed by atoms with Crippen LogP contribution in [0.2, 0.25) is 5.02 Å². The van der Waals surface area contributed by atoms with Crippen LogP contribution in [0.5, 0.6) is 0 Å². The van der Waals surface area contributed by atoms with Gasteiger partial charge in [0, 0.05) is 11.8 Å². The maximum Gasteiger partial charge on any atom is 0.418 e. The molecule has 0 heterocycles. The first-order chi connectivity index (χ1) is 10.1. The van der Waals surface area contributed by atoms with Crippen LogP contribution in [0.25, 0.3) is 0 Å². The zero-order chi connectivity index (χ0) is 17.1. The molecule has 0 bridgehead atoms. The number of halogens is 5. The summed E-state index contributed by atoms with van der Waals surface area (Å²) in [6.45, 7) is 0.874. The Morgan fingerprint density at radius 2 is 1.95 bits per heavy atom. The molecule has 1 amide bonds. The van der Waals surface area contributed by atoms with E-state index in [9.17, 15) is 22.4 Å². The van der Waals surface area contributed by atoms with Crippen molar-refractivity contribution in [3.8, 4) is 0 Å². The summed E-state index contributed by atoms with van der Waals surface area (Å²) in [5.74, 6) is 2.97. The maximum atomic E-state index is 13.7. The van der Waals surface area contributed by atoms with E-state index in [-0.39, 0.29) is 16.9 Å². The lowest BCUT2D eigenvalue weighted by Gasteiger charge is -2.13. The van der Waals surface area contributed by atoms with Crippen LogP contribution in [0.15, 0.2) is 23.3 Å². The zero-order valence-electron chi connectivity index (χ0n) is 11.1. The third-order valence-corrected chi connectivity index (χ3v) is 2.97. The van der Waals surface area contributed by atoms with E-state index in [2.05, 4.69) is 5.43 Å². The molecule has 5 N–H and O–H groups in total. The molecule has 1 aromatic carbocycles. The fourth-order valence-electron chi connectivity index (χ4n) is 1.50. The number of rotatable bonds is 4. The van der Waals surface area contributed by atoms with Gasteiger partial charge in [-0.15, -0.1) is 0 Å². The Kier molecular flexibility index (Phi) is 5.50. The highest BCUT2D eigenvalue weighted by Crippen LogP contribution is 2.30. The molecular weight excluding hydrogens is 328 g/mol. The Labute approximate surface area is 127 Å². The van der Waals surface area contributed by atoms with Crippen LogP contribution in [0.3, 0.4) is 0 Å². The van der Waals surface area contributed by atoms with Crippen LogP contribution in [0.4, 0.5) is 28.9 Å². The molecule has 0 aliphatic rings. The highest BCUT2D eigenvalue weighted by molar-refractivity contribution is 6.33. The number of hydrogen-bond donors (Lipinski definition) is 4. The summed E-state index contributed by atoms with van der Waals surface area (Å²) < 4.78 is 51.5. The normalized spacial score (nSPS) is 12.5. The monoisotopic (exact) mass is 338 g/mol. The third kappa shape index (κ3) is 3.95. The molecule has 120 valence electrons. The summed E-state index contributed by atoms with van der Waals surface area (Å²) >= 11 is 5.65. The molecule has 0 aliphatic carbocycles. The second-order valence-corrected chi connectivity index (χ2v) is 4.50. The number of hydrazine groups is 1. The molecule has 0 saturated carbocycles. The average molecular weight is 339 g/mol. The molecule has 0 saturated heterocycles. The Morgan fingerprint density at radius 1 is 1.36 bits per heavy atom. The van der Waals surface area contributed by atoms with Gasteiger partial charge >= 0.3 is 6.18 Å². The molecule has 0 unspecified atom stereocenters. The molecule has 0 aromatic heterocycles. The fourth-order valence-corrected chi connectivity index (χ4v) is 1.70. The van der Waals surface area contributed by atoms with Crippen molar-refractivity contribution in [3.05, 3.63) is 34.1 Å². The van der Waals surface area contributed by atoms with Crippen LogP contribution >= 0.6 is 11.6 Å². The van der Waals surface area contributed by atoms with Gasteiger partial charge in [-0.25, -0.2) is 4.39 Å².